The molecule has 1 aromatic rings. The lowest BCUT2D eigenvalue weighted by Gasteiger charge is -2.34. The SMILES string of the molecule is CC(C)[C@H](O)CC(=O)N1CCC2(CC1)C[C@@H]2N(C)Cc1nccs1. The third-order valence-electron chi connectivity index (χ3n) is 5.81. The van der Waals surface area contributed by atoms with Crippen molar-refractivity contribution in [3.05, 3.63) is 16.6 Å². The molecule has 3 rings (SSSR count). The second-order valence-electron chi connectivity index (χ2n) is 7.82. The maximum Gasteiger partial charge on any atom is 0.225 e. The molecular weight excluding hydrogens is 322 g/mol. The maximum atomic E-state index is 12.3. The van der Waals surface area contributed by atoms with Crippen molar-refractivity contribution in [2.75, 3.05) is 20.1 Å². The number of amides is 1. The van der Waals surface area contributed by atoms with Crippen molar-refractivity contribution in [3.8, 4) is 0 Å². The van der Waals surface area contributed by atoms with E-state index in [-0.39, 0.29) is 18.2 Å². The first kappa shape index (κ1) is 17.8. The lowest BCUT2D eigenvalue weighted by Crippen LogP contribution is -2.42. The normalized spacial score (nSPS) is 23.9. The Labute approximate surface area is 148 Å². The zero-order valence-electron chi connectivity index (χ0n) is 14.9. The van der Waals surface area contributed by atoms with E-state index in [1.54, 1.807) is 11.3 Å². The number of hydrogen-bond acceptors (Lipinski definition) is 5. The van der Waals surface area contributed by atoms with Crippen molar-refractivity contribution in [1.29, 1.82) is 0 Å². The average Bonchev–Trinajstić information content (AvgIpc) is 3.00. The van der Waals surface area contributed by atoms with Crippen LogP contribution in [0.5, 0.6) is 0 Å². The summed E-state index contributed by atoms with van der Waals surface area (Å²) in [4.78, 5) is 21.1. The monoisotopic (exact) mass is 351 g/mol. The van der Waals surface area contributed by atoms with Crippen molar-refractivity contribution in [1.82, 2.24) is 14.8 Å². The summed E-state index contributed by atoms with van der Waals surface area (Å²) in [5, 5.41) is 13.1. The minimum atomic E-state index is -0.522. The molecule has 1 aromatic heterocycles. The molecule has 134 valence electrons. The number of carbonyl (C=O) groups is 1. The number of likely N-dealkylation sites (tertiary alicyclic amines) is 1. The first-order valence-electron chi connectivity index (χ1n) is 8.96. The van der Waals surface area contributed by atoms with E-state index in [4.69, 9.17) is 0 Å². The largest absolute Gasteiger partial charge is 0.392 e. The molecule has 1 N–H and O–H groups in total. The second-order valence-corrected chi connectivity index (χ2v) is 8.80. The van der Waals surface area contributed by atoms with Gasteiger partial charge in [-0.1, -0.05) is 13.8 Å². The highest BCUT2D eigenvalue weighted by Gasteiger charge is 2.56. The first-order valence-corrected chi connectivity index (χ1v) is 9.84. The number of aliphatic hydroxyl groups is 1. The van der Waals surface area contributed by atoms with Gasteiger partial charge in [-0.15, -0.1) is 11.3 Å². The molecule has 0 bridgehead atoms. The van der Waals surface area contributed by atoms with Gasteiger partial charge < -0.3 is 10.0 Å². The van der Waals surface area contributed by atoms with Crippen LogP contribution in [0, 0.1) is 11.3 Å². The zero-order valence-corrected chi connectivity index (χ0v) is 15.8. The van der Waals surface area contributed by atoms with Gasteiger partial charge in [0.1, 0.15) is 5.01 Å². The molecule has 1 aliphatic heterocycles. The maximum absolute atomic E-state index is 12.3. The number of carbonyl (C=O) groups excluding carboxylic acids is 1. The molecule has 6 heteroatoms. The molecule has 1 saturated heterocycles. The van der Waals surface area contributed by atoms with E-state index in [9.17, 15) is 9.90 Å². The number of nitrogens with zero attached hydrogens (tertiary/aromatic N) is 3. The molecule has 5 nitrogen and oxygen atoms in total. The molecule has 2 heterocycles. The molecule has 2 aliphatic rings. The minimum absolute atomic E-state index is 0.111. The topological polar surface area (TPSA) is 56.7 Å². The standard InChI is InChI=1S/C18H29N3O2S/c1-13(2)14(22)10-17(23)21-7-4-18(5-8-21)11-15(18)20(3)12-16-19-6-9-24-16/h6,9,13-15,22H,4-5,7-8,10-12H2,1-3H3/t14-,15+/m1/s1. The molecule has 1 aliphatic carbocycles. The van der Waals surface area contributed by atoms with Gasteiger partial charge >= 0.3 is 0 Å². The fourth-order valence-corrected chi connectivity index (χ4v) is 4.57. The van der Waals surface area contributed by atoms with Gasteiger partial charge in [0.2, 0.25) is 5.91 Å². The Morgan fingerprint density at radius 3 is 2.79 bits per heavy atom. The van der Waals surface area contributed by atoms with Crippen LogP contribution in [0.3, 0.4) is 0 Å². The average molecular weight is 352 g/mol. The van der Waals surface area contributed by atoms with Crippen LogP contribution in [0.1, 0.15) is 44.5 Å². The highest BCUT2D eigenvalue weighted by atomic mass is 32.1. The number of piperidine rings is 1. The van der Waals surface area contributed by atoms with Gasteiger partial charge in [0.05, 0.1) is 19.1 Å². The van der Waals surface area contributed by atoms with Gasteiger partial charge in [-0.25, -0.2) is 4.98 Å². The number of rotatable bonds is 6. The molecule has 2 atom stereocenters. The Kier molecular flexibility index (Phi) is 5.27. The van der Waals surface area contributed by atoms with Crippen molar-refractivity contribution < 1.29 is 9.90 Å². The smallest absolute Gasteiger partial charge is 0.225 e. The predicted octanol–water partition coefficient (Wildman–Crippen LogP) is 2.36. The van der Waals surface area contributed by atoms with E-state index >= 15 is 0 Å². The molecule has 24 heavy (non-hydrogen) atoms. The Morgan fingerprint density at radius 2 is 2.21 bits per heavy atom. The van der Waals surface area contributed by atoms with Crippen molar-refractivity contribution in [2.45, 2.75) is 58.2 Å². The molecule has 0 radical (unpaired) electrons. The Morgan fingerprint density at radius 1 is 1.50 bits per heavy atom. The summed E-state index contributed by atoms with van der Waals surface area (Å²) < 4.78 is 0. The number of aliphatic hydroxyl groups excluding tert-OH is 1. The molecule has 1 spiro atoms. The molecular formula is C18H29N3O2S. The van der Waals surface area contributed by atoms with Crippen molar-refractivity contribution >= 4 is 17.2 Å². The summed E-state index contributed by atoms with van der Waals surface area (Å²) in [5.74, 6) is 0.247. The van der Waals surface area contributed by atoms with Gasteiger partial charge in [0.15, 0.2) is 0 Å². The lowest BCUT2D eigenvalue weighted by atomic mass is 9.91. The van der Waals surface area contributed by atoms with E-state index in [0.29, 0.717) is 11.5 Å². The van der Waals surface area contributed by atoms with Crippen LogP contribution >= 0.6 is 11.3 Å². The zero-order chi connectivity index (χ0) is 17.3. The van der Waals surface area contributed by atoms with Crippen LogP contribution < -0.4 is 0 Å². The Bertz CT molecular complexity index is 553. The van der Waals surface area contributed by atoms with Crippen LogP contribution in [0.25, 0.3) is 0 Å². The third kappa shape index (κ3) is 3.81. The van der Waals surface area contributed by atoms with Crippen molar-refractivity contribution in [3.63, 3.8) is 0 Å². The van der Waals surface area contributed by atoms with Gasteiger partial charge in [-0.3, -0.25) is 9.69 Å². The van der Waals surface area contributed by atoms with Crippen LogP contribution in [0.2, 0.25) is 0 Å². The Hall–Kier alpha value is -0.980. The summed E-state index contributed by atoms with van der Waals surface area (Å²) in [6.07, 6.45) is 5.02. The summed E-state index contributed by atoms with van der Waals surface area (Å²) in [6, 6.07) is 0.625. The number of aromatic nitrogens is 1. The third-order valence-corrected chi connectivity index (χ3v) is 6.58. The first-order chi connectivity index (χ1) is 11.4. The summed E-state index contributed by atoms with van der Waals surface area (Å²) in [5.41, 5.74) is 0.402. The van der Waals surface area contributed by atoms with Gasteiger partial charge in [0.25, 0.3) is 0 Å². The van der Waals surface area contributed by atoms with Crippen LogP contribution in [0.4, 0.5) is 0 Å². The molecule has 1 saturated carbocycles. The molecule has 1 amide bonds. The van der Waals surface area contributed by atoms with E-state index in [2.05, 4.69) is 16.9 Å². The molecule has 2 fully saturated rings. The highest BCUT2D eigenvalue weighted by Crippen LogP contribution is 2.56. The van der Waals surface area contributed by atoms with Crippen LogP contribution in [-0.2, 0) is 11.3 Å². The van der Waals surface area contributed by atoms with Gasteiger partial charge in [-0.05, 0) is 37.6 Å². The van der Waals surface area contributed by atoms with E-state index < -0.39 is 6.10 Å². The molecule has 0 unspecified atom stereocenters. The molecule has 0 aromatic carbocycles. The summed E-state index contributed by atoms with van der Waals surface area (Å²) in [7, 11) is 2.19. The Balaban J connectivity index is 1.46. The van der Waals surface area contributed by atoms with Gasteiger partial charge in [-0.2, -0.15) is 0 Å². The predicted molar refractivity (Wildman–Crippen MR) is 95.7 cm³/mol. The van der Waals surface area contributed by atoms with Crippen LogP contribution in [-0.4, -0.2) is 58.1 Å². The van der Waals surface area contributed by atoms with Crippen molar-refractivity contribution in [2.24, 2.45) is 11.3 Å². The fourth-order valence-electron chi connectivity index (χ4n) is 3.89. The quantitative estimate of drug-likeness (QED) is 0.855. The summed E-state index contributed by atoms with van der Waals surface area (Å²) >= 11 is 1.71. The summed E-state index contributed by atoms with van der Waals surface area (Å²) in [6.45, 7) is 6.51. The number of hydrogen-bond donors (Lipinski definition) is 1. The van der Waals surface area contributed by atoms with Crippen LogP contribution in [0.15, 0.2) is 11.6 Å². The fraction of sp³-hybridized carbons (Fsp3) is 0.778. The van der Waals surface area contributed by atoms with Gasteiger partial charge in [0, 0.05) is 30.7 Å². The minimum Gasteiger partial charge on any atom is -0.392 e. The van der Waals surface area contributed by atoms with E-state index in [1.807, 2.05) is 30.3 Å². The second kappa shape index (κ2) is 7.10. The lowest BCUT2D eigenvalue weighted by molar-refractivity contribution is -0.135. The van der Waals surface area contributed by atoms with E-state index in [1.165, 1.54) is 11.4 Å². The van der Waals surface area contributed by atoms with E-state index in [0.717, 1.165) is 32.5 Å². The number of thiazole rings is 1. The highest BCUT2D eigenvalue weighted by molar-refractivity contribution is 7.09.